The summed E-state index contributed by atoms with van der Waals surface area (Å²) in [5.74, 6) is 4.64. The summed E-state index contributed by atoms with van der Waals surface area (Å²) in [7, 11) is 3.88. The van der Waals surface area contributed by atoms with E-state index in [4.69, 9.17) is 5.84 Å². The van der Waals surface area contributed by atoms with Gasteiger partial charge in [0.25, 0.3) is 5.91 Å². The van der Waals surface area contributed by atoms with Crippen molar-refractivity contribution in [1.29, 1.82) is 0 Å². The summed E-state index contributed by atoms with van der Waals surface area (Å²) < 4.78 is 0. The summed E-state index contributed by atoms with van der Waals surface area (Å²) in [5, 5.41) is 0. The summed E-state index contributed by atoms with van der Waals surface area (Å²) >= 11 is 0. The van der Waals surface area contributed by atoms with E-state index in [-0.39, 0.29) is 5.91 Å². The molecule has 0 aliphatic rings. The summed E-state index contributed by atoms with van der Waals surface area (Å²) in [6.45, 7) is 0.700. The molecule has 5 heteroatoms. The van der Waals surface area contributed by atoms with Crippen LogP contribution in [0.3, 0.4) is 0 Å². The zero-order chi connectivity index (χ0) is 10.6. The third-order valence-corrected chi connectivity index (χ3v) is 1.65. The maximum Gasteiger partial charge on any atom is 0.283 e. The molecule has 0 fully saturated rings. The van der Waals surface area contributed by atoms with Crippen molar-refractivity contribution in [3.8, 4) is 0 Å². The second-order valence-electron chi connectivity index (χ2n) is 3.23. The van der Waals surface area contributed by atoms with E-state index in [2.05, 4.69) is 4.98 Å². The minimum atomic E-state index is -0.370. The maximum atomic E-state index is 11.1. The van der Waals surface area contributed by atoms with E-state index >= 15 is 0 Å². The molecular formula is C9H14N4O. The van der Waals surface area contributed by atoms with Crippen LogP contribution >= 0.6 is 0 Å². The molecule has 5 nitrogen and oxygen atoms in total. The lowest BCUT2D eigenvalue weighted by Gasteiger charge is -2.09. The number of rotatable bonds is 3. The molecule has 0 aliphatic carbocycles. The minimum absolute atomic E-state index is 0.340. The molecule has 0 saturated carbocycles. The van der Waals surface area contributed by atoms with Crippen LogP contribution in [0.4, 0.5) is 0 Å². The van der Waals surface area contributed by atoms with Gasteiger partial charge in [-0.2, -0.15) is 0 Å². The van der Waals surface area contributed by atoms with Crippen LogP contribution in [-0.2, 0) is 6.54 Å². The van der Waals surface area contributed by atoms with Crippen molar-refractivity contribution in [3.05, 3.63) is 29.6 Å². The van der Waals surface area contributed by atoms with E-state index in [1.54, 1.807) is 12.1 Å². The Morgan fingerprint density at radius 1 is 1.57 bits per heavy atom. The largest absolute Gasteiger partial charge is 0.304 e. The first-order valence-electron chi connectivity index (χ1n) is 4.25. The van der Waals surface area contributed by atoms with Crippen LogP contribution < -0.4 is 11.3 Å². The fourth-order valence-corrected chi connectivity index (χ4v) is 1.09. The maximum absolute atomic E-state index is 11.1. The molecule has 1 aromatic rings. The smallest absolute Gasteiger partial charge is 0.283 e. The molecule has 1 aromatic heterocycles. The van der Waals surface area contributed by atoms with Crippen LogP contribution in [0.2, 0.25) is 0 Å². The van der Waals surface area contributed by atoms with Gasteiger partial charge < -0.3 is 4.90 Å². The highest BCUT2D eigenvalue weighted by atomic mass is 16.2. The van der Waals surface area contributed by atoms with Crippen LogP contribution in [0.5, 0.6) is 0 Å². The fourth-order valence-electron chi connectivity index (χ4n) is 1.09. The average molecular weight is 194 g/mol. The van der Waals surface area contributed by atoms with Crippen molar-refractivity contribution in [2.24, 2.45) is 5.84 Å². The third-order valence-electron chi connectivity index (χ3n) is 1.65. The van der Waals surface area contributed by atoms with Crippen molar-refractivity contribution in [3.63, 3.8) is 0 Å². The first-order valence-corrected chi connectivity index (χ1v) is 4.25. The van der Waals surface area contributed by atoms with E-state index in [0.29, 0.717) is 12.2 Å². The van der Waals surface area contributed by atoms with E-state index in [0.717, 1.165) is 5.69 Å². The van der Waals surface area contributed by atoms with Gasteiger partial charge >= 0.3 is 0 Å². The summed E-state index contributed by atoms with van der Waals surface area (Å²) in [4.78, 5) is 17.3. The van der Waals surface area contributed by atoms with Crippen molar-refractivity contribution in [1.82, 2.24) is 15.3 Å². The lowest BCUT2D eigenvalue weighted by atomic mass is 10.3. The zero-order valence-corrected chi connectivity index (χ0v) is 8.32. The molecule has 0 radical (unpaired) electrons. The molecule has 1 amide bonds. The summed E-state index contributed by atoms with van der Waals surface area (Å²) in [6, 6.07) is 5.28. The van der Waals surface area contributed by atoms with Gasteiger partial charge in [0.15, 0.2) is 0 Å². The molecule has 1 heterocycles. The Hall–Kier alpha value is -1.46. The molecule has 0 spiro atoms. The molecular weight excluding hydrogens is 180 g/mol. The molecule has 0 bridgehead atoms. The Labute approximate surface area is 82.9 Å². The molecule has 0 unspecified atom stereocenters. The number of aromatic nitrogens is 1. The first-order chi connectivity index (χ1) is 6.63. The molecule has 3 N–H and O–H groups in total. The topological polar surface area (TPSA) is 71.2 Å². The number of nitrogen functional groups attached to an aromatic ring is 1. The van der Waals surface area contributed by atoms with Gasteiger partial charge in [0, 0.05) is 6.54 Å². The number of nitrogens with one attached hydrogen (secondary N) is 1. The van der Waals surface area contributed by atoms with Gasteiger partial charge in [-0.15, -0.1) is 0 Å². The van der Waals surface area contributed by atoms with E-state index in [1.807, 2.05) is 30.5 Å². The van der Waals surface area contributed by atoms with Crippen molar-refractivity contribution in [2.75, 3.05) is 14.1 Å². The molecule has 14 heavy (non-hydrogen) atoms. The van der Waals surface area contributed by atoms with Gasteiger partial charge in [-0.3, -0.25) is 10.2 Å². The van der Waals surface area contributed by atoms with Gasteiger partial charge in [-0.25, -0.2) is 10.8 Å². The SMILES string of the molecule is CN(C)Cc1cccc(C(=O)NN)n1. The van der Waals surface area contributed by atoms with Crippen molar-refractivity contribution < 1.29 is 4.79 Å². The lowest BCUT2D eigenvalue weighted by molar-refractivity contribution is 0.0948. The minimum Gasteiger partial charge on any atom is -0.304 e. The quantitative estimate of drug-likeness (QED) is 0.395. The van der Waals surface area contributed by atoms with Crippen LogP contribution in [0.25, 0.3) is 0 Å². The van der Waals surface area contributed by atoms with Crippen LogP contribution in [-0.4, -0.2) is 29.9 Å². The zero-order valence-electron chi connectivity index (χ0n) is 8.32. The Kier molecular flexibility index (Phi) is 3.55. The average Bonchev–Trinajstić information content (AvgIpc) is 2.16. The molecule has 0 atom stereocenters. The number of pyridine rings is 1. The van der Waals surface area contributed by atoms with Gasteiger partial charge in [0.2, 0.25) is 0 Å². The predicted octanol–water partition coefficient (Wildman–Crippen LogP) is -0.253. The highest BCUT2D eigenvalue weighted by molar-refractivity contribution is 5.91. The number of carbonyl (C=O) groups excluding carboxylic acids is 1. The van der Waals surface area contributed by atoms with Gasteiger partial charge in [-0.05, 0) is 26.2 Å². The van der Waals surface area contributed by atoms with E-state index < -0.39 is 0 Å². The Morgan fingerprint density at radius 3 is 2.86 bits per heavy atom. The second-order valence-corrected chi connectivity index (χ2v) is 3.23. The van der Waals surface area contributed by atoms with Gasteiger partial charge in [0.05, 0.1) is 5.69 Å². The molecule has 0 saturated heterocycles. The van der Waals surface area contributed by atoms with Crippen LogP contribution in [0, 0.1) is 0 Å². The number of hydrazine groups is 1. The van der Waals surface area contributed by atoms with Crippen LogP contribution in [0.1, 0.15) is 16.2 Å². The standard InChI is InChI=1S/C9H14N4O/c1-13(2)6-7-4-3-5-8(11-7)9(14)12-10/h3-5H,6,10H2,1-2H3,(H,12,14). The van der Waals surface area contributed by atoms with Gasteiger partial charge in [0.1, 0.15) is 5.69 Å². The summed E-state index contributed by atoms with van der Waals surface area (Å²) in [6.07, 6.45) is 0. The fraction of sp³-hybridized carbons (Fsp3) is 0.333. The second kappa shape index (κ2) is 4.69. The highest BCUT2D eigenvalue weighted by Gasteiger charge is 2.05. The number of carbonyl (C=O) groups is 1. The normalized spacial score (nSPS) is 10.3. The van der Waals surface area contributed by atoms with Crippen LogP contribution in [0.15, 0.2) is 18.2 Å². The molecule has 0 aromatic carbocycles. The Morgan fingerprint density at radius 2 is 2.29 bits per heavy atom. The molecule has 1 rings (SSSR count). The Balaban J connectivity index is 2.84. The van der Waals surface area contributed by atoms with Crippen molar-refractivity contribution >= 4 is 5.91 Å². The van der Waals surface area contributed by atoms with Crippen molar-refractivity contribution in [2.45, 2.75) is 6.54 Å². The number of hydrogen-bond donors (Lipinski definition) is 2. The monoisotopic (exact) mass is 194 g/mol. The van der Waals surface area contributed by atoms with E-state index in [9.17, 15) is 4.79 Å². The van der Waals surface area contributed by atoms with E-state index in [1.165, 1.54) is 0 Å². The van der Waals surface area contributed by atoms with Gasteiger partial charge in [-0.1, -0.05) is 6.07 Å². The summed E-state index contributed by atoms with van der Waals surface area (Å²) in [5.41, 5.74) is 3.23. The lowest BCUT2D eigenvalue weighted by Crippen LogP contribution is -2.31. The number of hydrogen-bond acceptors (Lipinski definition) is 4. The molecule has 76 valence electrons. The number of nitrogens with zero attached hydrogens (tertiary/aromatic N) is 2. The first kappa shape index (κ1) is 10.6. The highest BCUT2D eigenvalue weighted by Crippen LogP contribution is 2.01. The Bertz CT molecular complexity index is 324. The molecule has 0 aliphatic heterocycles. The number of nitrogens with two attached hydrogens (primary N) is 1. The number of amides is 1. The third kappa shape index (κ3) is 2.79. The predicted molar refractivity (Wildman–Crippen MR) is 53.3 cm³/mol.